The summed E-state index contributed by atoms with van der Waals surface area (Å²) in [7, 11) is 0. The molecule has 0 bridgehead atoms. The lowest BCUT2D eigenvalue weighted by Crippen LogP contribution is -2.46. The predicted octanol–water partition coefficient (Wildman–Crippen LogP) is 3.06. The highest BCUT2D eigenvalue weighted by molar-refractivity contribution is 5.92. The number of anilines is 2. The van der Waals surface area contributed by atoms with Crippen LogP contribution in [0, 0.1) is 5.82 Å². The Kier molecular flexibility index (Phi) is 6.76. The third-order valence-corrected chi connectivity index (χ3v) is 5.62. The number of aliphatic imine (C=N–C) groups is 1. The first kappa shape index (κ1) is 21.2. The predicted molar refractivity (Wildman–Crippen MR) is 122 cm³/mol. The van der Waals surface area contributed by atoms with E-state index in [0.717, 1.165) is 56.1 Å². The van der Waals surface area contributed by atoms with E-state index in [4.69, 9.17) is 15.2 Å². The zero-order chi connectivity index (χ0) is 21.6. The van der Waals surface area contributed by atoms with Crippen molar-refractivity contribution in [2.75, 3.05) is 56.2 Å². The van der Waals surface area contributed by atoms with Crippen LogP contribution in [-0.2, 0) is 6.54 Å². The largest absolute Gasteiger partial charge is 0.490 e. The molecule has 0 unspecified atom stereocenters. The van der Waals surface area contributed by atoms with Gasteiger partial charge in [-0.15, -0.1) is 0 Å². The van der Waals surface area contributed by atoms with Crippen LogP contribution in [0.1, 0.15) is 18.9 Å². The van der Waals surface area contributed by atoms with Gasteiger partial charge in [-0.3, -0.25) is 0 Å². The number of ether oxygens (including phenoxy) is 2. The van der Waals surface area contributed by atoms with E-state index in [9.17, 15) is 4.39 Å². The van der Waals surface area contributed by atoms with Gasteiger partial charge in [0, 0.05) is 44.4 Å². The van der Waals surface area contributed by atoms with Gasteiger partial charge in [0.1, 0.15) is 5.82 Å². The highest BCUT2D eigenvalue weighted by atomic mass is 19.1. The van der Waals surface area contributed by atoms with Crippen LogP contribution in [0.3, 0.4) is 0 Å². The molecular formula is C23H30FN5O2. The number of nitrogens with zero attached hydrogens (tertiary/aromatic N) is 3. The van der Waals surface area contributed by atoms with Crippen molar-refractivity contribution < 1.29 is 13.9 Å². The molecule has 1 fully saturated rings. The number of fused-ring (bicyclic) bond motifs is 1. The molecule has 2 aromatic rings. The van der Waals surface area contributed by atoms with Crippen LogP contribution in [0.2, 0.25) is 0 Å². The van der Waals surface area contributed by atoms with E-state index in [1.807, 2.05) is 30.3 Å². The Hall–Kier alpha value is -3.00. The summed E-state index contributed by atoms with van der Waals surface area (Å²) in [5.74, 6) is 1.46. The fraction of sp³-hybridized carbons (Fsp3) is 0.435. The first-order chi connectivity index (χ1) is 15.1. The Balaban J connectivity index is 1.36. The molecule has 0 saturated carbocycles. The van der Waals surface area contributed by atoms with Crippen molar-refractivity contribution in [3.63, 3.8) is 0 Å². The quantitative estimate of drug-likeness (QED) is 0.564. The Labute approximate surface area is 182 Å². The van der Waals surface area contributed by atoms with Gasteiger partial charge in [-0.05, 0) is 36.4 Å². The summed E-state index contributed by atoms with van der Waals surface area (Å²) in [6.07, 6.45) is 0.853. The van der Waals surface area contributed by atoms with E-state index < -0.39 is 0 Å². The average Bonchev–Trinajstić information content (AvgIpc) is 3.03. The third kappa shape index (κ3) is 5.38. The van der Waals surface area contributed by atoms with Gasteiger partial charge >= 0.3 is 0 Å². The van der Waals surface area contributed by atoms with Crippen molar-refractivity contribution in [2.45, 2.75) is 19.9 Å². The maximum atomic E-state index is 14.7. The van der Waals surface area contributed by atoms with Gasteiger partial charge in [0.2, 0.25) is 0 Å². The van der Waals surface area contributed by atoms with E-state index in [1.165, 1.54) is 0 Å². The minimum absolute atomic E-state index is 0.216. The molecule has 0 amide bonds. The van der Waals surface area contributed by atoms with Crippen LogP contribution >= 0.6 is 0 Å². The Morgan fingerprint density at radius 3 is 2.58 bits per heavy atom. The molecule has 1 saturated heterocycles. The van der Waals surface area contributed by atoms with Gasteiger partial charge in [0.05, 0.1) is 25.4 Å². The third-order valence-electron chi connectivity index (χ3n) is 5.62. The molecule has 4 rings (SSSR count). The molecule has 0 aliphatic carbocycles. The van der Waals surface area contributed by atoms with E-state index in [0.29, 0.717) is 31.2 Å². The second kappa shape index (κ2) is 9.87. The monoisotopic (exact) mass is 427 g/mol. The number of halogens is 1. The second-order valence-electron chi connectivity index (χ2n) is 7.75. The molecule has 2 aliphatic rings. The van der Waals surface area contributed by atoms with Gasteiger partial charge in [-0.25, -0.2) is 9.38 Å². The first-order valence-corrected chi connectivity index (χ1v) is 10.8. The topological polar surface area (TPSA) is 75.4 Å². The smallest absolute Gasteiger partial charge is 0.193 e. The van der Waals surface area contributed by atoms with Crippen LogP contribution in [-0.4, -0.2) is 56.8 Å². The molecule has 3 N–H and O–H groups in total. The normalized spacial score (nSPS) is 17.4. The number of hydrogen-bond acceptors (Lipinski definition) is 5. The second-order valence-corrected chi connectivity index (χ2v) is 7.75. The summed E-state index contributed by atoms with van der Waals surface area (Å²) < 4.78 is 26.0. The van der Waals surface area contributed by atoms with Crippen molar-refractivity contribution in [3.8, 4) is 11.5 Å². The molecule has 31 heavy (non-hydrogen) atoms. The van der Waals surface area contributed by atoms with Crippen LogP contribution in [0.5, 0.6) is 11.5 Å². The molecule has 7 nitrogen and oxygen atoms in total. The number of nitrogens with one attached hydrogen (secondary N) is 1. The van der Waals surface area contributed by atoms with Crippen LogP contribution in [0.4, 0.5) is 15.8 Å². The minimum atomic E-state index is -0.216. The van der Waals surface area contributed by atoms with Crippen LogP contribution in [0.15, 0.2) is 41.4 Å². The Bertz CT molecular complexity index is 928. The lowest BCUT2D eigenvalue weighted by atomic mass is 10.1. The number of hydrogen-bond donors (Lipinski definition) is 2. The molecule has 8 heteroatoms. The van der Waals surface area contributed by atoms with Gasteiger partial charge in [0.15, 0.2) is 17.5 Å². The Morgan fingerprint density at radius 1 is 1.06 bits per heavy atom. The van der Waals surface area contributed by atoms with Crippen LogP contribution < -0.4 is 25.4 Å². The summed E-state index contributed by atoms with van der Waals surface area (Å²) in [6.45, 7) is 8.36. The molecular weight excluding hydrogens is 397 g/mol. The van der Waals surface area contributed by atoms with Gasteiger partial charge in [0.25, 0.3) is 0 Å². The molecule has 0 spiro atoms. The Morgan fingerprint density at radius 2 is 1.84 bits per heavy atom. The summed E-state index contributed by atoms with van der Waals surface area (Å²) in [6, 6.07) is 10.9. The highest BCUT2D eigenvalue weighted by Crippen LogP contribution is 2.32. The van der Waals surface area contributed by atoms with E-state index in [1.54, 1.807) is 6.07 Å². The molecule has 0 radical (unpaired) electrons. The number of likely N-dealkylation sites (N-methyl/N-ethyl adjacent to an activating group) is 1. The summed E-state index contributed by atoms with van der Waals surface area (Å²) in [5.41, 5.74) is 8.22. The fourth-order valence-corrected chi connectivity index (χ4v) is 3.82. The first-order valence-electron chi connectivity index (χ1n) is 10.8. The maximum Gasteiger partial charge on any atom is 0.193 e. The number of guanidine groups is 1. The lowest BCUT2D eigenvalue weighted by molar-refractivity contribution is 0.270. The summed E-state index contributed by atoms with van der Waals surface area (Å²) in [5, 5.41) is 3.06. The summed E-state index contributed by atoms with van der Waals surface area (Å²) >= 11 is 0. The molecule has 166 valence electrons. The number of rotatable bonds is 5. The van der Waals surface area contributed by atoms with Crippen molar-refractivity contribution in [1.82, 2.24) is 4.90 Å². The van der Waals surface area contributed by atoms with Crippen molar-refractivity contribution in [1.29, 1.82) is 0 Å². The number of piperazine rings is 1. The van der Waals surface area contributed by atoms with E-state index >= 15 is 0 Å². The minimum Gasteiger partial charge on any atom is -0.490 e. The number of benzene rings is 2. The molecule has 2 heterocycles. The van der Waals surface area contributed by atoms with Gasteiger partial charge in [-0.1, -0.05) is 13.0 Å². The zero-order valence-corrected chi connectivity index (χ0v) is 17.9. The van der Waals surface area contributed by atoms with Gasteiger partial charge in [-0.2, -0.15) is 0 Å². The standard InChI is InChI=1S/C23H30FN5O2/c1-2-28-8-10-29(11-9-28)20-6-4-17(14-19(20)24)16-26-23(25)27-18-5-7-21-22(15-18)31-13-3-12-30-21/h4-7,14-15H,2-3,8-13,16H2,1H3,(H3,25,26,27). The summed E-state index contributed by atoms with van der Waals surface area (Å²) in [4.78, 5) is 8.83. The van der Waals surface area contributed by atoms with Crippen LogP contribution in [0.25, 0.3) is 0 Å². The van der Waals surface area contributed by atoms with Gasteiger partial charge < -0.3 is 30.3 Å². The number of nitrogens with two attached hydrogens (primary N) is 1. The van der Waals surface area contributed by atoms with Crippen molar-refractivity contribution in [3.05, 3.63) is 47.8 Å². The molecule has 0 aromatic heterocycles. The average molecular weight is 428 g/mol. The van der Waals surface area contributed by atoms with E-state index in [2.05, 4.69) is 27.0 Å². The molecule has 2 aliphatic heterocycles. The molecule has 2 aromatic carbocycles. The maximum absolute atomic E-state index is 14.7. The molecule has 0 atom stereocenters. The fourth-order valence-electron chi connectivity index (χ4n) is 3.82. The SMILES string of the molecule is CCN1CCN(c2ccc(CN=C(N)Nc3ccc4c(c3)OCCCO4)cc2F)CC1. The highest BCUT2D eigenvalue weighted by Gasteiger charge is 2.18. The van der Waals surface area contributed by atoms with Crippen molar-refractivity contribution in [2.24, 2.45) is 10.7 Å². The lowest BCUT2D eigenvalue weighted by Gasteiger charge is -2.35. The van der Waals surface area contributed by atoms with E-state index in [-0.39, 0.29) is 11.8 Å². The zero-order valence-electron chi connectivity index (χ0n) is 17.9. The van der Waals surface area contributed by atoms with Crippen molar-refractivity contribution >= 4 is 17.3 Å².